The molecule has 1 saturated heterocycles. The van der Waals surface area contributed by atoms with E-state index in [-0.39, 0.29) is 12.3 Å². The first-order valence-electron chi connectivity index (χ1n) is 11.8. The van der Waals surface area contributed by atoms with Crippen LogP contribution in [0.25, 0.3) is 0 Å². The number of ketones is 1. The minimum atomic E-state index is -0.967. The lowest BCUT2D eigenvalue weighted by Crippen LogP contribution is -2.58. The third-order valence-electron chi connectivity index (χ3n) is 6.59. The zero-order valence-electron chi connectivity index (χ0n) is 20.0. The summed E-state index contributed by atoms with van der Waals surface area (Å²) >= 11 is 0. The van der Waals surface area contributed by atoms with E-state index in [4.69, 9.17) is 15.2 Å². The number of carbonyl (C=O) groups excluding carboxylic acids is 1. The van der Waals surface area contributed by atoms with Gasteiger partial charge in [-0.15, -0.1) is 0 Å². The summed E-state index contributed by atoms with van der Waals surface area (Å²) in [7, 11) is 1.59. The third-order valence-corrected chi connectivity index (χ3v) is 6.59. The van der Waals surface area contributed by atoms with Crippen molar-refractivity contribution in [1.29, 1.82) is 0 Å². The molecule has 2 aliphatic rings. The molecule has 1 atom stereocenters. The summed E-state index contributed by atoms with van der Waals surface area (Å²) in [5.41, 5.74) is 9.69. The number of benzene rings is 2. The molecule has 186 valence electrons. The second-order valence-electron chi connectivity index (χ2n) is 8.87. The zero-order chi connectivity index (χ0) is 24.8. The highest BCUT2D eigenvalue weighted by molar-refractivity contribution is 6.09. The van der Waals surface area contributed by atoms with E-state index in [0.29, 0.717) is 50.3 Å². The molecule has 2 aromatic carbocycles. The maximum Gasteiger partial charge on any atom is 0.317 e. The molecule has 0 saturated carbocycles. The van der Waals surface area contributed by atoms with Crippen LogP contribution in [0.2, 0.25) is 0 Å². The van der Waals surface area contributed by atoms with Crippen LogP contribution >= 0.6 is 0 Å². The minimum Gasteiger partial charge on any atom is -0.480 e. The Balaban J connectivity index is 1.51. The van der Waals surface area contributed by atoms with Crippen LogP contribution in [-0.2, 0) is 26.4 Å². The van der Waals surface area contributed by atoms with Gasteiger partial charge in [0, 0.05) is 37.8 Å². The van der Waals surface area contributed by atoms with Crippen LogP contribution < -0.4 is 5.73 Å². The highest BCUT2D eigenvalue weighted by atomic mass is 16.5. The van der Waals surface area contributed by atoms with Gasteiger partial charge in [0.25, 0.3) is 0 Å². The fourth-order valence-corrected chi connectivity index (χ4v) is 4.63. The quantitative estimate of drug-likeness (QED) is 0.411. The summed E-state index contributed by atoms with van der Waals surface area (Å²) in [6.45, 7) is 3.65. The minimum absolute atomic E-state index is 0.0723. The summed E-state index contributed by atoms with van der Waals surface area (Å²) < 4.78 is 10.6. The Morgan fingerprint density at radius 1 is 1.14 bits per heavy atom. The lowest BCUT2D eigenvalue weighted by molar-refractivity contribution is -0.140. The Morgan fingerprint density at radius 2 is 1.86 bits per heavy atom. The molecule has 0 bridgehead atoms. The first kappa shape index (κ1) is 25.0. The van der Waals surface area contributed by atoms with Gasteiger partial charge in [-0.2, -0.15) is 5.10 Å². The Bertz CT molecular complexity index is 1080. The van der Waals surface area contributed by atoms with Crippen molar-refractivity contribution < 1.29 is 24.2 Å². The highest BCUT2D eigenvalue weighted by Crippen LogP contribution is 2.35. The van der Waals surface area contributed by atoms with Crippen molar-refractivity contribution in [2.75, 3.05) is 53.1 Å². The molecule has 1 fully saturated rings. The van der Waals surface area contributed by atoms with Gasteiger partial charge in [-0.25, -0.2) is 0 Å². The van der Waals surface area contributed by atoms with Gasteiger partial charge in [-0.05, 0) is 29.2 Å². The number of ether oxygens (including phenoxy) is 2. The standard InChI is InChI=1S/C26H32N4O5/c1-34-13-9-26(27)23-7-6-22(16-21(23)8-10-29(26)18-24(31)32)25(33)20-4-2-19(3-5-20)17-28-30-11-14-35-15-12-30/h2-7,16-17H,8-15,18,27H2,1H3,(H,31,32). The van der Waals surface area contributed by atoms with Gasteiger partial charge >= 0.3 is 5.97 Å². The van der Waals surface area contributed by atoms with Crippen LogP contribution in [0.1, 0.15) is 39.0 Å². The Morgan fingerprint density at radius 3 is 2.54 bits per heavy atom. The lowest BCUT2D eigenvalue weighted by Gasteiger charge is -2.45. The van der Waals surface area contributed by atoms with E-state index in [0.717, 1.165) is 29.8 Å². The first-order valence-corrected chi connectivity index (χ1v) is 11.8. The predicted octanol–water partition coefficient (Wildman–Crippen LogP) is 1.67. The Kier molecular flexibility index (Phi) is 7.92. The van der Waals surface area contributed by atoms with Gasteiger partial charge in [-0.3, -0.25) is 19.5 Å². The number of methoxy groups -OCH3 is 1. The van der Waals surface area contributed by atoms with Crippen molar-refractivity contribution in [2.45, 2.75) is 18.5 Å². The van der Waals surface area contributed by atoms with E-state index in [1.165, 1.54) is 0 Å². The number of carboxylic acids is 1. The van der Waals surface area contributed by atoms with Gasteiger partial charge in [0.2, 0.25) is 0 Å². The van der Waals surface area contributed by atoms with E-state index in [9.17, 15) is 14.7 Å². The van der Waals surface area contributed by atoms with Crippen LogP contribution in [0.15, 0.2) is 47.6 Å². The first-order chi connectivity index (χ1) is 16.9. The van der Waals surface area contributed by atoms with Gasteiger partial charge in [0.15, 0.2) is 5.78 Å². The number of fused-ring (bicyclic) bond motifs is 1. The number of hydrogen-bond donors (Lipinski definition) is 2. The van der Waals surface area contributed by atoms with E-state index in [1.807, 2.05) is 41.4 Å². The van der Waals surface area contributed by atoms with Crippen molar-refractivity contribution in [3.8, 4) is 0 Å². The Labute approximate surface area is 205 Å². The van der Waals surface area contributed by atoms with Crippen LogP contribution in [0.4, 0.5) is 0 Å². The number of carboxylic acid groups (broad SMARTS) is 1. The van der Waals surface area contributed by atoms with Crippen molar-refractivity contribution >= 4 is 18.0 Å². The molecule has 2 heterocycles. The molecule has 9 heteroatoms. The monoisotopic (exact) mass is 480 g/mol. The average Bonchev–Trinajstić information content (AvgIpc) is 2.88. The molecule has 2 aromatic rings. The number of hydrogen-bond acceptors (Lipinski definition) is 8. The van der Waals surface area contributed by atoms with Crippen molar-refractivity contribution in [3.63, 3.8) is 0 Å². The molecule has 0 aromatic heterocycles. The normalized spacial score (nSPS) is 20.7. The SMILES string of the molecule is COCCC1(N)c2ccc(C(=O)c3ccc(C=NN4CCOCC4)cc3)cc2CCN1CC(=O)O. The fourth-order valence-electron chi connectivity index (χ4n) is 4.63. The number of nitrogens with two attached hydrogens (primary N) is 1. The van der Waals surface area contributed by atoms with Gasteiger partial charge in [0.05, 0.1) is 44.7 Å². The molecule has 2 aliphatic heterocycles. The van der Waals surface area contributed by atoms with E-state index < -0.39 is 11.6 Å². The van der Waals surface area contributed by atoms with E-state index in [1.54, 1.807) is 24.3 Å². The third kappa shape index (κ3) is 5.76. The van der Waals surface area contributed by atoms with Gasteiger partial charge in [-0.1, -0.05) is 36.4 Å². The molecule has 3 N–H and O–H groups in total. The summed E-state index contributed by atoms with van der Waals surface area (Å²) in [6, 6.07) is 12.9. The molecule has 1 unspecified atom stereocenters. The molecule has 0 aliphatic carbocycles. The van der Waals surface area contributed by atoms with Crippen LogP contribution in [0.5, 0.6) is 0 Å². The van der Waals surface area contributed by atoms with Gasteiger partial charge in [0.1, 0.15) is 0 Å². The number of aliphatic carboxylic acids is 1. The largest absolute Gasteiger partial charge is 0.480 e. The summed E-state index contributed by atoms with van der Waals surface area (Å²) in [5, 5.41) is 15.8. The highest BCUT2D eigenvalue weighted by Gasteiger charge is 2.40. The molecular formula is C26H32N4O5. The number of nitrogens with zero attached hydrogens (tertiary/aromatic N) is 3. The zero-order valence-corrected chi connectivity index (χ0v) is 20.0. The lowest BCUT2D eigenvalue weighted by atomic mass is 9.84. The molecule has 35 heavy (non-hydrogen) atoms. The van der Waals surface area contributed by atoms with Crippen molar-refractivity contribution in [1.82, 2.24) is 9.91 Å². The Hall–Kier alpha value is -3.11. The summed E-state index contributed by atoms with van der Waals surface area (Å²) in [4.78, 5) is 26.4. The summed E-state index contributed by atoms with van der Waals surface area (Å²) in [5.74, 6) is -0.997. The van der Waals surface area contributed by atoms with Crippen molar-refractivity contribution in [2.24, 2.45) is 10.8 Å². The average molecular weight is 481 g/mol. The molecule has 4 rings (SSSR count). The smallest absolute Gasteiger partial charge is 0.317 e. The van der Waals surface area contributed by atoms with Gasteiger partial charge < -0.3 is 20.3 Å². The topological polar surface area (TPSA) is 118 Å². The molecule has 0 radical (unpaired) electrons. The number of morpholine rings is 1. The number of rotatable bonds is 9. The number of carbonyl (C=O) groups is 2. The van der Waals surface area contributed by atoms with Crippen LogP contribution in [-0.4, -0.2) is 86.1 Å². The van der Waals surface area contributed by atoms with Crippen LogP contribution in [0, 0.1) is 0 Å². The maximum atomic E-state index is 13.2. The number of hydrazone groups is 1. The summed E-state index contributed by atoms with van der Waals surface area (Å²) in [6.07, 6.45) is 2.86. The molecular weight excluding hydrogens is 448 g/mol. The molecule has 9 nitrogen and oxygen atoms in total. The van der Waals surface area contributed by atoms with E-state index in [2.05, 4.69) is 5.10 Å². The molecule has 0 amide bonds. The second-order valence-corrected chi connectivity index (χ2v) is 8.87. The maximum absolute atomic E-state index is 13.2. The van der Waals surface area contributed by atoms with E-state index >= 15 is 0 Å². The molecule has 0 spiro atoms. The predicted molar refractivity (Wildman–Crippen MR) is 132 cm³/mol. The fraction of sp³-hybridized carbons (Fsp3) is 0.423. The second kappa shape index (κ2) is 11.1. The van der Waals surface area contributed by atoms with Crippen molar-refractivity contribution in [3.05, 3.63) is 70.3 Å². The van der Waals surface area contributed by atoms with Crippen LogP contribution in [0.3, 0.4) is 0 Å².